The van der Waals surface area contributed by atoms with Crippen LogP contribution in [0.4, 0.5) is 8.78 Å². The number of thiophene rings is 1. The zero-order valence-corrected chi connectivity index (χ0v) is 14.5. The van der Waals surface area contributed by atoms with Crippen molar-refractivity contribution in [3.8, 4) is 11.5 Å². The fourth-order valence-corrected chi connectivity index (χ4v) is 3.39. The molecule has 1 heterocycles. The van der Waals surface area contributed by atoms with Crippen molar-refractivity contribution < 1.29 is 23.0 Å². The molecule has 23 heavy (non-hydrogen) atoms. The van der Waals surface area contributed by atoms with Gasteiger partial charge in [0.2, 0.25) is 0 Å². The summed E-state index contributed by atoms with van der Waals surface area (Å²) in [6, 6.07) is 6.59. The Morgan fingerprint density at radius 2 is 2.13 bits per heavy atom. The molecule has 2 aromatic rings. The number of methoxy groups -OCH3 is 1. The molecule has 0 bridgehead atoms. The quantitative estimate of drug-likeness (QED) is 0.754. The van der Waals surface area contributed by atoms with Gasteiger partial charge in [0.1, 0.15) is 4.88 Å². The first-order valence-electron chi connectivity index (χ1n) is 6.64. The standard InChI is InChI=1S/C15H14BrF2NO3S/c1-21-11-3-2-9(8-12(11)22-15(17)18)4-6-19-14(20)13-10(16)5-7-23-13/h2-3,5,7-8,15H,4,6H2,1H3,(H,19,20). The van der Waals surface area contributed by atoms with Crippen LogP contribution in [0.5, 0.6) is 11.5 Å². The molecular formula is C15H14BrF2NO3S. The predicted molar refractivity (Wildman–Crippen MR) is 87.7 cm³/mol. The summed E-state index contributed by atoms with van der Waals surface area (Å²) in [5.41, 5.74) is 0.756. The van der Waals surface area contributed by atoms with Gasteiger partial charge in [-0.1, -0.05) is 6.07 Å². The minimum atomic E-state index is -2.92. The van der Waals surface area contributed by atoms with E-state index in [9.17, 15) is 13.6 Å². The molecule has 0 radical (unpaired) electrons. The van der Waals surface area contributed by atoms with Crippen molar-refractivity contribution in [2.75, 3.05) is 13.7 Å². The third-order valence-electron chi connectivity index (χ3n) is 2.97. The minimum Gasteiger partial charge on any atom is -0.493 e. The summed E-state index contributed by atoms with van der Waals surface area (Å²) in [5.74, 6) is 0.0392. The lowest BCUT2D eigenvalue weighted by Crippen LogP contribution is -2.25. The third kappa shape index (κ3) is 4.90. The van der Waals surface area contributed by atoms with E-state index in [1.807, 2.05) is 5.38 Å². The molecule has 1 N–H and O–H groups in total. The van der Waals surface area contributed by atoms with Crippen molar-refractivity contribution in [2.24, 2.45) is 0 Å². The van der Waals surface area contributed by atoms with Gasteiger partial charge in [0.25, 0.3) is 5.91 Å². The summed E-state index contributed by atoms with van der Waals surface area (Å²) in [4.78, 5) is 12.6. The average Bonchev–Trinajstić information content (AvgIpc) is 2.93. The molecule has 0 aliphatic heterocycles. The predicted octanol–water partition coefficient (Wildman–Crippen LogP) is 4.09. The van der Waals surface area contributed by atoms with E-state index in [0.717, 1.165) is 10.0 Å². The molecule has 1 aromatic carbocycles. The first kappa shape index (κ1) is 17.7. The average molecular weight is 406 g/mol. The number of carbonyl (C=O) groups excluding carboxylic acids is 1. The lowest BCUT2D eigenvalue weighted by atomic mass is 10.1. The monoisotopic (exact) mass is 405 g/mol. The van der Waals surface area contributed by atoms with Crippen LogP contribution in [0.25, 0.3) is 0 Å². The van der Waals surface area contributed by atoms with Gasteiger partial charge in [-0.25, -0.2) is 0 Å². The van der Waals surface area contributed by atoms with Crippen molar-refractivity contribution in [2.45, 2.75) is 13.0 Å². The second-order valence-corrected chi connectivity index (χ2v) is 6.24. The number of carbonyl (C=O) groups is 1. The Kier molecular flexibility index (Phi) is 6.35. The molecule has 0 aliphatic rings. The third-order valence-corrected chi connectivity index (χ3v) is 4.80. The van der Waals surface area contributed by atoms with Crippen LogP contribution in [0.1, 0.15) is 15.2 Å². The molecule has 1 aromatic heterocycles. The maximum atomic E-state index is 12.4. The summed E-state index contributed by atoms with van der Waals surface area (Å²) in [7, 11) is 1.38. The maximum Gasteiger partial charge on any atom is 0.387 e. The summed E-state index contributed by atoms with van der Waals surface area (Å²) in [5, 5.41) is 4.60. The van der Waals surface area contributed by atoms with Crippen LogP contribution < -0.4 is 14.8 Å². The fourth-order valence-electron chi connectivity index (χ4n) is 1.92. The van der Waals surface area contributed by atoms with E-state index in [1.165, 1.54) is 24.5 Å². The van der Waals surface area contributed by atoms with E-state index in [0.29, 0.717) is 17.8 Å². The largest absolute Gasteiger partial charge is 0.493 e. The van der Waals surface area contributed by atoms with Crippen molar-refractivity contribution >= 4 is 33.2 Å². The normalized spacial score (nSPS) is 10.7. The highest BCUT2D eigenvalue weighted by atomic mass is 79.9. The Balaban J connectivity index is 1.95. The topological polar surface area (TPSA) is 47.6 Å². The number of nitrogens with one attached hydrogen (secondary N) is 1. The van der Waals surface area contributed by atoms with E-state index in [2.05, 4.69) is 26.0 Å². The molecule has 8 heteroatoms. The van der Waals surface area contributed by atoms with E-state index in [-0.39, 0.29) is 17.4 Å². The van der Waals surface area contributed by atoms with Gasteiger partial charge < -0.3 is 14.8 Å². The highest BCUT2D eigenvalue weighted by Crippen LogP contribution is 2.29. The zero-order valence-electron chi connectivity index (χ0n) is 12.1. The second-order valence-electron chi connectivity index (χ2n) is 4.47. The fraction of sp³-hybridized carbons (Fsp3) is 0.267. The Hall–Kier alpha value is -1.67. The zero-order chi connectivity index (χ0) is 16.8. The Bertz CT molecular complexity index is 678. The molecule has 0 saturated carbocycles. The number of halogens is 3. The van der Waals surface area contributed by atoms with Gasteiger partial charge >= 0.3 is 6.61 Å². The van der Waals surface area contributed by atoms with Crippen molar-refractivity contribution in [1.82, 2.24) is 5.32 Å². The number of ether oxygens (including phenoxy) is 2. The highest BCUT2D eigenvalue weighted by molar-refractivity contribution is 9.10. The van der Waals surface area contributed by atoms with Crippen LogP contribution >= 0.6 is 27.3 Å². The van der Waals surface area contributed by atoms with Crippen molar-refractivity contribution in [3.05, 3.63) is 44.6 Å². The SMILES string of the molecule is COc1ccc(CCNC(=O)c2sccc2Br)cc1OC(F)F. The summed E-state index contributed by atoms with van der Waals surface area (Å²) >= 11 is 4.64. The van der Waals surface area contributed by atoms with Crippen molar-refractivity contribution in [1.29, 1.82) is 0 Å². The molecule has 2 rings (SSSR count). The summed E-state index contributed by atoms with van der Waals surface area (Å²) in [6.45, 7) is -2.54. The first-order valence-corrected chi connectivity index (χ1v) is 8.31. The van der Waals surface area contributed by atoms with Gasteiger partial charge in [-0.05, 0) is 51.5 Å². The van der Waals surface area contributed by atoms with Gasteiger partial charge in [-0.15, -0.1) is 11.3 Å². The Morgan fingerprint density at radius 3 is 2.74 bits per heavy atom. The molecular weight excluding hydrogens is 392 g/mol. The van der Waals surface area contributed by atoms with Gasteiger partial charge in [0.05, 0.1) is 7.11 Å². The molecule has 0 saturated heterocycles. The number of hydrogen-bond donors (Lipinski definition) is 1. The van der Waals surface area contributed by atoms with E-state index >= 15 is 0 Å². The van der Waals surface area contributed by atoms with Crippen LogP contribution in [-0.2, 0) is 6.42 Å². The lowest BCUT2D eigenvalue weighted by Gasteiger charge is -2.11. The smallest absolute Gasteiger partial charge is 0.387 e. The number of benzene rings is 1. The molecule has 124 valence electrons. The van der Waals surface area contributed by atoms with Crippen LogP contribution in [0.2, 0.25) is 0 Å². The molecule has 4 nitrogen and oxygen atoms in total. The minimum absolute atomic E-state index is 0.0210. The van der Waals surface area contributed by atoms with E-state index in [1.54, 1.807) is 18.2 Å². The molecule has 0 unspecified atom stereocenters. The first-order chi connectivity index (χ1) is 11.0. The van der Waals surface area contributed by atoms with Crippen molar-refractivity contribution in [3.63, 3.8) is 0 Å². The van der Waals surface area contributed by atoms with Gasteiger partial charge in [-0.2, -0.15) is 8.78 Å². The molecule has 1 amide bonds. The van der Waals surface area contributed by atoms with E-state index in [4.69, 9.17) is 4.74 Å². The lowest BCUT2D eigenvalue weighted by molar-refractivity contribution is -0.0512. The highest BCUT2D eigenvalue weighted by Gasteiger charge is 2.13. The summed E-state index contributed by atoms with van der Waals surface area (Å²) < 4.78 is 34.9. The molecule has 0 spiro atoms. The van der Waals surface area contributed by atoms with Gasteiger partial charge in [0.15, 0.2) is 11.5 Å². The Morgan fingerprint density at radius 1 is 1.35 bits per heavy atom. The molecule has 0 atom stereocenters. The van der Waals surface area contributed by atoms with E-state index < -0.39 is 6.61 Å². The number of rotatable bonds is 7. The van der Waals surface area contributed by atoms with Crippen LogP contribution in [0, 0.1) is 0 Å². The number of alkyl halides is 2. The Labute approximate surface area is 144 Å². The van der Waals surface area contributed by atoms with Gasteiger partial charge in [-0.3, -0.25) is 4.79 Å². The molecule has 0 aliphatic carbocycles. The second kappa shape index (κ2) is 8.26. The maximum absolute atomic E-state index is 12.4. The molecule has 0 fully saturated rings. The van der Waals surface area contributed by atoms with Crippen LogP contribution in [0.15, 0.2) is 34.1 Å². The number of amides is 1. The van der Waals surface area contributed by atoms with Gasteiger partial charge in [0, 0.05) is 11.0 Å². The van der Waals surface area contributed by atoms with Crippen LogP contribution in [0.3, 0.4) is 0 Å². The van der Waals surface area contributed by atoms with Crippen LogP contribution in [-0.4, -0.2) is 26.2 Å². The summed E-state index contributed by atoms with van der Waals surface area (Å²) in [6.07, 6.45) is 0.484. The number of hydrogen-bond acceptors (Lipinski definition) is 4.